The minimum absolute atomic E-state index is 0.246. The van der Waals surface area contributed by atoms with Crippen LogP contribution in [-0.2, 0) is 20.9 Å². The first-order valence-corrected chi connectivity index (χ1v) is 12.2. The number of nitrogens with one attached hydrogen (secondary N) is 2. The van der Waals surface area contributed by atoms with Crippen molar-refractivity contribution in [1.29, 1.82) is 0 Å². The van der Waals surface area contributed by atoms with Crippen LogP contribution in [0.5, 0.6) is 0 Å². The van der Waals surface area contributed by atoms with Crippen LogP contribution in [-0.4, -0.2) is 34.5 Å². The van der Waals surface area contributed by atoms with Crippen LogP contribution in [0.15, 0.2) is 54.6 Å². The topological polar surface area (TPSA) is 87.7 Å². The molecule has 2 N–H and O–H groups in total. The van der Waals surface area contributed by atoms with E-state index in [2.05, 4.69) is 22.6 Å². The standard InChI is InChI=1S/C30H35N3O4/c1-8-21(4)25(32-29(36)37-30(5,6)7)28(35)33(10-3)26(24-18-16-22(9-2)17-19-24)27(34)31-20-23-14-12-11-13-15-23/h2-3,11-19,21,25-26H,8,20H2,1,4-7H3,(H,31,34)(H,32,36). The van der Waals surface area contributed by atoms with Crippen LogP contribution in [0, 0.1) is 30.7 Å². The minimum Gasteiger partial charge on any atom is -0.444 e. The molecule has 0 aromatic heterocycles. The summed E-state index contributed by atoms with van der Waals surface area (Å²) >= 11 is 0. The van der Waals surface area contributed by atoms with Crippen molar-refractivity contribution < 1.29 is 19.1 Å². The van der Waals surface area contributed by atoms with Crippen LogP contribution in [0.3, 0.4) is 0 Å². The molecule has 0 bridgehead atoms. The van der Waals surface area contributed by atoms with Crippen molar-refractivity contribution >= 4 is 17.9 Å². The summed E-state index contributed by atoms with van der Waals surface area (Å²) in [5.74, 6) is 1.19. The Bertz CT molecular complexity index is 1150. The third-order valence-electron chi connectivity index (χ3n) is 5.74. The van der Waals surface area contributed by atoms with Crippen LogP contribution >= 0.6 is 0 Å². The lowest BCUT2D eigenvalue weighted by atomic mass is 9.96. The smallest absolute Gasteiger partial charge is 0.408 e. The van der Waals surface area contributed by atoms with E-state index in [0.29, 0.717) is 17.5 Å². The van der Waals surface area contributed by atoms with Crippen molar-refractivity contribution in [2.24, 2.45) is 5.92 Å². The van der Waals surface area contributed by atoms with Gasteiger partial charge in [0.2, 0.25) is 5.91 Å². The van der Waals surface area contributed by atoms with Crippen LogP contribution in [0.4, 0.5) is 4.79 Å². The first-order valence-electron chi connectivity index (χ1n) is 12.2. The van der Waals surface area contributed by atoms with Crippen LogP contribution in [0.1, 0.15) is 63.8 Å². The molecular formula is C30H35N3O4. The summed E-state index contributed by atoms with van der Waals surface area (Å²) in [7, 11) is 0. The molecule has 0 aliphatic carbocycles. The molecule has 3 amide bonds. The Balaban J connectivity index is 2.42. The number of alkyl carbamates (subject to hydrolysis) is 1. The molecule has 0 heterocycles. The van der Waals surface area contributed by atoms with Crippen molar-refractivity contribution in [3.8, 4) is 24.8 Å². The summed E-state index contributed by atoms with van der Waals surface area (Å²) in [5.41, 5.74) is 1.24. The Hall–Kier alpha value is -4.23. The summed E-state index contributed by atoms with van der Waals surface area (Å²) in [6.45, 7) is 9.15. The molecule has 0 radical (unpaired) electrons. The number of ether oxygens (including phenoxy) is 1. The molecule has 2 rings (SSSR count). The first kappa shape index (κ1) is 29.0. The zero-order valence-electron chi connectivity index (χ0n) is 22.1. The van der Waals surface area contributed by atoms with Gasteiger partial charge in [0.15, 0.2) is 0 Å². The van der Waals surface area contributed by atoms with Crippen molar-refractivity contribution in [3.63, 3.8) is 0 Å². The molecular weight excluding hydrogens is 466 g/mol. The Morgan fingerprint density at radius 3 is 2.16 bits per heavy atom. The highest BCUT2D eigenvalue weighted by atomic mass is 16.6. The monoisotopic (exact) mass is 501 g/mol. The SMILES string of the molecule is C#Cc1ccc(C(C(=O)NCc2ccccc2)N(C#C)C(=O)C(NC(=O)OC(C)(C)C)C(C)CC)cc1. The molecule has 0 spiro atoms. The fourth-order valence-electron chi connectivity index (χ4n) is 3.59. The van der Waals surface area contributed by atoms with E-state index in [-0.39, 0.29) is 12.5 Å². The van der Waals surface area contributed by atoms with Gasteiger partial charge in [-0.15, -0.1) is 6.42 Å². The van der Waals surface area contributed by atoms with Gasteiger partial charge in [-0.1, -0.05) is 75.1 Å². The van der Waals surface area contributed by atoms with E-state index < -0.39 is 35.6 Å². The van der Waals surface area contributed by atoms with E-state index in [1.54, 1.807) is 45.0 Å². The summed E-state index contributed by atoms with van der Waals surface area (Å²) in [5, 5.41) is 5.52. The largest absolute Gasteiger partial charge is 0.444 e. The molecule has 3 unspecified atom stereocenters. The number of terminal acetylenes is 2. The average Bonchev–Trinajstić information content (AvgIpc) is 2.87. The predicted octanol–water partition coefficient (Wildman–Crippen LogP) is 4.38. The third-order valence-corrected chi connectivity index (χ3v) is 5.74. The average molecular weight is 502 g/mol. The lowest BCUT2D eigenvalue weighted by molar-refractivity contribution is -0.139. The van der Waals surface area contributed by atoms with E-state index in [4.69, 9.17) is 17.6 Å². The van der Waals surface area contributed by atoms with Crippen molar-refractivity contribution in [3.05, 3.63) is 71.3 Å². The van der Waals surface area contributed by atoms with Gasteiger partial charge in [-0.05, 0) is 49.9 Å². The van der Waals surface area contributed by atoms with Gasteiger partial charge >= 0.3 is 6.09 Å². The molecule has 0 aliphatic rings. The molecule has 0 aliphatic heterocycles. The summed E-state index contributed by atoms with van der Waals surface area (Å²) in [6, 6.07) is 16.3. The van der Waals surface area contributed by atoms with Gasteiger partial charge in [0.25, 0.3) is 5.91 Å². The molecule has 0 saturated carbocycles. The van der Waals surface area contributed by atoms with Gasteiger partial charge < -0.3 is 15.4 Å². The van der Waals surface area contributed by atoms with E-state index >= 15 is 0 Å². The van der Waals surface area contributed by atoms with E-state index in [1.807, 2.05) is 44.2 Å². The molecule has 3 atom stereocenters. The maximum absolute atomic E-state index is 13.8. The normalized spacial score (nSPS) is 13.2. The molecule has 0 fully saturated rings. The number of hydrogen-bond acceptors (Lipinski definition) is 4. The fourth-order valence-corrected chi connectivity index (χ4v) is 3.59. The second kappa shape index (κ2) is 13.2. The minimum atomic E-state index is -1.15. The number of rotatable bonds is 9. The highest BCUT2D eigenvalue weighted by Crippen LogP contribution is 2.24. The highest BCUT2D eigenvalue weighted by Gasteiger charge is 2.37. The summed E-state index contributed by atoms with van der Waals surface area (Å²) in [4.78, 5) is 40.9. The Kier molecular flexibility index (Phi) is 10.3. The molecule has 7 heteroatoms. The van der Waals surface area contributed by atoms with Gasteiger partial charge in [0.1, 0.15) is 17.7 Å². The summed E-state index contributed by atoms with van der Waals surface area (Å²) in [6.07, 6.45) is 11.1. The molecule has 0 saturated heterocycles. The predicted molar refractivity (Wildman–Crippen MR) is 144 cm³/mol. The second-order valence-electron chi connectivity index (χ2n) is 9.72. The van der Waals surface area contributed by atoms with Gasteiger partial charge in [-0.3, -0.25) is 14.5 Å². The van der Waals surface area contributed by atoms with E-state index in [9.17, 15) is 14.4 Å². The number of benzene rings is 2. The van der Waals surface area contributed by atoms with Crippen LogP contribution < -0.4 is 10.6 Å². The van der Waals surface area contributed by atoms with Crippen molar-refractivity contribution in [2.75, 3.05) is 0 Å². The number of nitrogens with zero attached hydrogens (tertiary/aromatic N) is 1. The van der Waals surface area contributed by atoms with Crippen molar-refractivity contribution in [2.45, 2.75) is 65.3 Å². The zero-order chi connectivity index (χ0) is 27.6. The molecule has 2 aromatic rings. The Morgan fingerprint density at radius 1 is 1.03 bits per heavy atom. The maximum atomic E-state index is 13.8. The third kappa shape index (κ3) is 8.44. The molecule has 37 heavy (non-hydrogen) atoms. The van der Waals surface area contributed by atoms with Crippen molar-refractivity contribution in [1.82, 2.24) is 15.5 Å². The van der Waals surface area contributed by atoms with Gasteiger partial charge in [-0.2, -0.15) is 0 Å². The lowest BCUT2D eigenvalue weighted by Gasteiger charge is -2.32. The van der Waals surface area contributed by atoms with Gasteiger partial charge in [-0.25, -0.2) is 4.79 Å². The molecule has 2 aromatic carbocycles. The zero-order valence-corrected chi connectivity index (χ0v) is 22.1. The first-order chi connectivity index (χ1) is 17.5. The Morgan fingerprint density at radius 2 is 1.65 bits per heavy atom. The molecule has 7 nitrogen and oxygen atoms in total. The number of carbonyl (C=O) groups excluding carboxylic acids is 3. The fraction of sp³-hybridized carbons (Fsp3) is 0.367. The van der Waals surface area contributed by atoms with Crippen LogP contribution in [0.2, 0.25) is 0 Å². The summed E-state index contributed by atoms with van der Waals surface area (Å²) < 4.78 is 5.36. The highest BCUT2D eigenvalue weighted by molar-refractivity contribution is 5.93. The Labute approximate surface area is 220 Å². The van der Waals surface area contributed by atoms with E-state index in [1.165, 1.54) is 0 Å². The van der Waals surface area contributed by atoms with E-state index in [0.717, 1.165) is 10.5 Å². The lowest BCUT2D eigenvalue weighted by Crippen LogP contribution is -2.53. The molecule has 194 valence electrons. The number of hydrogen-bond donors (Lipinski definition) is 2. The number of amides is 3. The number of carbonyl (C=O) groups is 3. The second-order valence-corrected chi connectivity index (χ2v) is 9.72. The quantitative estimate of drug-likeness (QED) is 0.394. The van der Waals surface area contributed by atoms with Gasteiger partial charge in [0, 0.05) is 18.2 Å². The van der Waals surface area contributed by atoms with Gasteiger partial charge in [0.05, 0.1) is 0 Å². The van der Waals surface area contributed by atoms with Crippen LogP contribution in [0.25, 0.3) is 0 Å². The maximum Gasteiger partial charge on any atom is 0.408 e.